The molecule has 1 rings (SSSR count). The Labute approximate surface area is 85.3 Å². The first kappa shape index (κ1) is 9.94. The monoisotopic (exact) mass is 237 g/mol. The maximum Gasteiger partial charge on any atom is 0.161 e. The summed E-state index contributed by atoms with van der Waals surface area (Å²) < 4.78 is 0.600. The topological polar surface area (TPSA) is 40.9 Å². The molecular formula is C10H8BrNO. The molecule has 0 fully saturated rings. The van der Waals surface area contributed by atoms with Crippen molar-refractivity contribution in [3.63, 3.8) is 0 Å². The molecule has 0 saturated carbocycles. The van der Waals surface area contributed by atoms with Crippen LogP contribution < -0.4 is 0 Å². The number of carbonyl (C=O) groups is 1. The third-order valence-corrected chi connectivity index (χ3v) is 2.65. The number of nitriles is 1. The van der Waals surface area contributed by atoms with Gasteiger partial charge in [0.05, 0.1) is 5.56 Å². The Kier molecular flexibility index (Phi) is 2.84. The standard InChI is InChI=1S/C10H8BrNO/c1-6-3-4-8(5-12)10(11)9(6)7(2)13/h3-4H,1-2H3. The molecule has 0 atom stereocenters. The fourth-order valence-corrected chi connectivity index (χ4v) is 2.00. The molecule has 0 aliphatic rings. The molecule has 0 radical (unpaired) electrons. The summed E-state index contributed by atoms with van der Waals surface area (Å²) in [5, 5.41) is 8.72. The van der Waals surface area contributed by atoms with Gasteiger partial charge in [0.1, 0.15) is 6.07 Å². The van der Waals surface area contributed by atoms with Crippen molar-refractivity contribution in [1.29, 1.82) is 5.26 Å². The van der Waals surface area contributed by atoms with E-state index in [2.05, 4.69) is 15.9 Å². The number of benzene rings is 1. The van der Waals surface area contributed by atoms with E-state index in [0.717, 1.165) is 5.56 Å². The van der Waals surface area contributed by atoms with Crippen LogP contribution in [0.3, 0.4) is 0 Å². The Morgan fingerprint density at radius 1 is 1.54 bits per heavy atom. The molecule has 13 heavy (non-hydrogen) atoms. The van der Waals surface area contributed by atoms with E-state index in [9.17, 15) is 4.79 Å². The molecule has 0 aromatic heterocycles. The first-order chi connectivity index (χ1) is 6.07. The highest BCUT2D eigenvalue weighted by molar-refractivity contribution is 9.10. The van der Waals surface area contributed by atoms with Gasteiger partial charge in [0.2, 0.25) is 0 Å². The zero-order valence-electron chi connectivity index (χ0n) is 7.39. The summed E-state index contributed by atoms with van der Waals surface area (Å²) in [5.74, 6) is -0.0264. The van der Waals surface area contributed by atoms with Crippen molar-refractivity contribution >= 4 is 21.7 Å². The van der Waals surface area contributed by atoms with Gasteiger partial charge in [-0.05, 0) is 41.4 Å². The van der Waals surface area contributed by atoms with Gasteiger partial charge in [-0.1, -0.05) is 6.07 Å². The number of aryl methyl sites for hydroxylation is 1. The highest BCUT2D eigenvalue weighted by Crippen LogP contribution is 2.24. The first-order valence-corrected chi connectivity index (χ1v) is 4.57. The zero-order chi connectivity index (χ0) is 10.0. The van der Waals surface area contributed by atoms with Crippen molar-refractivity contribution in [1.82, 2.24) is 0 Å². The van der Waals surface area contributed by atoms with Crippen molar-refractivity contribution < 1.29 is 4.79 Å². The van der Waals surface area contributed by atoms with Gasteiger partial charge in [0, 0.05) is 10.0 Å². The van der Waals surface area contributed by atoms with Crippen LogP contribution in [0.2, 0.25) is 0 Å². The van der Waals surface area contributed by atoms with E-state index in [1.54, 1.807) is 12.1 Å². The van der Waals surface area contributed by atoms with Crippen LogP contribution in [0.25, 0.3) is 0 Å². The molecule has 66 valence electrons. The molecule has 0 unspecified atom stereocenters. The Morgan fingerprint density at radius 3 is 2.62 bits per heavy atom. The summed E-state index contributed by atoms with van der Waals surface area (Å²) in [6.45, 7) is 3.34. The van der Waals surface area contributed by atoms with Gasteiger partial charge >= 0.3 is 0 Å². The van der Waals surface area contributed by atoms with Crippen molar-refractivity contribution in [2.75, 3.05) is 0 Å². The van der Waals surface area contributed by atoms with Crippen LogP contribution >= 0.6 is 15.9 Å². The maximum absolute atomic E-state index is 11.2. The minimum absolute atomic E-state index is 0.0264. The summed E-state index contributed by atoms with van der Waals surface area (Å²) in [7, 11) is 0. The van der Waals surface area contributed by atoms with E-state index in [1.807, 2.05) is 13.0 Å². The highest BCUT2D eigenvalue weighted by Gasteiger charge is 2.11. The Hall–Kier alpha value is -1.14. The molecule has 0 aliphatic carbocycles. The number of ketones is 1. The van der Waals surface area contributed by atoms with Crippen LogP contribution in [0.4, 0.5) is 0 Å². The van der Waals surface area contributed by atoms with Gasteiger partial charge in [-0.2, -0.15) is 5.26 Å². The number of rotatable bonds is 1. The predicted molar refractivity (Wildman–Crippen MR) is 53.6 cm³/mol. The van der Waals surface area contributed by atoms with Crippen LogP contribution in [-0.2, 0) is 0 Å². The normalized spacial score (nSPS) is 9.38. The lowest BCUT2D eigenvalue weighted by Gasteiger charge is -2.05. The lowest BCUT2D eigenvalue weighted by Crippen LogP contribution is -1.99. The fraction of sp³-hybridized carbons (Fsp3) is 0.200. The van der Waals surface area contributed by atoms with Gasteiger partial charge in [-0.3, -0.25) is 4.79 Å². The van der Waals surface area contributed by atoms with E-state index in [-0.39, 0.29) is 5.78 Å². The molecular weight excluding hydrogens is 230 g/mol. The van der Waals surface area contributed by atoms with E-state index >= 15 is 0 Å². The summed E-state index contributed by atoms with van der Waals surface area (Å²) in [4.78, 5) is 11.2. The van der Waals surface area contributed by atoms with Gasteiger partial charge in [0.15, 0.2) is 5.78 Å². The minimum Gasteiger partial charge on any atom is -0.294 e. The van der Waals surface area contributed by atoms with Crippen LogP contribution in [0.5, 0.6) is 0 Å². The van der Waals surface area contributed by atoms with Crippen LogP contribution in [0, 0.1) is 18.3 Å². The predicted octanol–water partition coefficient (Wildman–Crippen LogP) is 2.83. The fourth-order valence-electron chi connectivity index (χ4n) is 1.19. The number of nitrogens with zero attached hydrogens (tertiary/aromatic N) is 1. The van der Waals surface area contributed by atoms with Crippen molar-refractivity contribution in [3.8, 4) is 6.07 Å². The van der Waals surface area contributed by atoms with Gasteiger partial charge < -0.3 is 0 Å². The molecule has 0 saturated heterocycles. The molecule has 1 aromatic rings. The Balaban J connectivity index is 3.50. The smallest absolute Gasteiger partial charge is 0.161 e. The lowest BCUT2D eigenvalue weighted by atomic mass is 10.0. The molecule has 0 amide bonds. The maximum atomic E-state index is 11.2. The van der Waals surface area contributed by atoms with Gasteiger partial charge in [-0.25, -0.2) is 0 Å². The molecule has 2 nitrogen and oxygen atoms in total. The SMILES string of the molecule is CC(=O)c1c(C)ccc(C#N)c1Br. The second-order valence-electron chi connectivity index (χ2n) is 2.79. The molecule has 0 N–H and O–H groups in total. The average Bonchev–Trinajstić information content (AvgIpc) is 2.04. The Morgan fingerprint density at radius 2 is 2.15 bits per heavy atom. The third kappa shape index (κ3) is 1.78. The number of hydrogen-bond donors (Lipinski definition) is 0. The number of halogens is 1. The van der Waals surface area contributed by atoms with Crippen molar-refractivity contribution in [2.45, 2.75) is 13.8 Å². The number of Topliss-reactive ketones (excluding diaryl/α,β-unsaturated/α-hetero) is 1. The van der Waals surface area contributed by atoms with Crippen LogP contribution in [0.15, 0.2) is 16.6 Å². The van der Waals surface area contributed by atoms with Crippen LogP contribution in [0.1, 0.15) is 28.4 Å². The van der Waals surface area contributed by atoms with Crippen molar-refractivity contribution in [3.05, 3.63) is 33.3 Å². The quantitative estimate of drug-likeness (QED) is 0.706. The van der Waals surface area contributed by atoms with E-state index in [4.69, 9.17) is 5.26 Å². The Bertz CT molecular complexity index is 404. The third-order valence-electron chi connectivity index (χ3n) is 1.82. The molecule has 0 spiro atoms. The lowest BCUT2D eigenvalue weighted by molar-refractivity contribution is 0.101. The summed E-state index contributed by atoms with van der Waals surface area (Å²) in [5.41, 5.74) is 1.98. The second kappa shape index (κ2) is 3.71. The minimum atomic E-state index is -0.0264. The largest absolute Gasteiger partial charge is 0.294 e. The summed E-state index contributed by atoms with van der Waals surface area (Å²) >= 11 is 3.25. The van der Waals surface area contributed by atoms with E-state index in [0.29, 0.717) is 15.6 Å². The first-order valence-electron chi connectivity index (χ1n) is 3.78. The summed E-state index contributed by atoms with van der Waals surface area (Å²) in [6, 6.07) is 5.50. The van der Waals surface area contributed by atoms with Crippen molar-refractivity contribution in [2.24, 2.45) is 0 Å². The number of hydrogen-bond acceptors (Lipinski definition) is 2. The molecule has 0 aliphatic heterocycles. The molecule has 0 bridgehead atoms. The summed E-state index contributed by atoms with van der Waals surface area (Å²) in [6.07, 6.45) is 0. The van der Waals surface area contributed by atoms with Gasteiger partial charge in [0.25, 0.3) is 0 Å². The molecule has 0 heterocycles. The highest BCUT2D eigenvalue weighted by atomic mass is 79.9. The zero-order valence-corrected chi connectivity index (χ0v) is 8.97. The average molecular weight is 238 g/mol. The van der Waals surface area contributed by atoms with E-state index in [1.165, 1.54) is 6.92 Å². The van der Waals surface area contributed by atoms with Gasteiger partial charge in [-0.15, -0.1) is 0 Å². The van der Waals surface area contributed by atoms with Crippen LogP contribution in [-0.4, -0.2) is 5.78 Å². The molecule has 1 aromatic carbocycles. The van der Waals surface area contributed by atoms with E-state index < -0.39 is 0 Å². The number of carbonyl (C=O) groups excluding carboxylic acids is 1. The second-order valence-corrected chi connectivity index (χ2v) is 3.58. The molecule has 3 heteroatoms.